The van der Waals surface area contributed by atoms with Crippen LogP contribution in [-0.4, -0.2) is 23.3 Å². The van der Waals surface area contributed by atoms with Gasteiger partial charge in [0.1, 0.15) is 17.4 Å². The fourth-order valence-electron chi connectivity index (χ4n) is 1.82. The van der Waals surface area contributed by atoms with Gasteiger partial charge in [0, 0.05) is 13.7 Å². The highest BCUT2D eigenvalue weighted by Crippen LogP contribution is 2.20. The van der Waals surface area contributed by atoms with Gasteiger partial charge in [0.2, 0.25) is 0 Å². The molecule has 0 atom stereocenters. The number of benzene rings is 1. The lowest BCUT2D eigenvalue weighted by Crippen LogP contribution is -2.07. The maximum absolute atomic E-state index is 9.03. The minimum Gasteiger partial charge on any atom is -0.383 e. The van der Waals surface area contributed by atoms with Crippen molar-refractivity contribution in [3.8, 4) is 6.07 Å². The summed E-state index contributed by atoms with van der Waals surface area (Å²) in [7, 11) is 1.65. The fraction of sp³-hybridized carbons (Fsp3) is 0.333. The lowest BCUT2D eigenvalue weighted by atomic mass is 10.2. The lowest BCUT2D eigenvalue weighted by Gasteiger charge is -2.06. The van der Waals surface area contributed by atoms with Crippen molar-refractivity contribution in [3.63, 3.8) is 0 Å². The highest BCUT2D eigenvalue weighted by atomic mass is 35.5. The van der Waals surface area contributed by atoms with Gasteiger partial charge in [-0.1, -0.05) is 6.07 Å². The summed E-state index contributed by atoms with van der Waals surface area (Å²) in [6.07, 6.45) is 0. The highest BCUT2D eigenvalue weighted by molar-refractivity contribution is 6.16. The molecule has 5 heteroatoms. The fourth-order valence-corrected chi connectivity index (χ4v) is 2.02. The molecule has 0 aliphatic heterocycles. The number of halogens is 1. The topological polar surface area (TPSA) is 50.8 Å². The number of imidazole rings is 1. The normalized spacial score (nSPS) is 10.6. The summed E-state index contributed by atoms with van der Waals surface area (Å²) in [5, 5.41) is 9.03. The molecule has 0 saturated heterocycles. The van der Waals surface area contributed by atoms with E-state index in [-0.39, 0.29) is 0 Å². The van der Waals surface area contributed by atoms with Crippen LogP contribution in [0.25, 0.3) is 11.0 Å². The molecule has 0 aliphatic carbocycles. The molecule has 1 aromatic heterocycles. The van der Waals surface area contributed by atoms with Gasteiger partial charge in [0.15, 0.2) is 0 Å². The summed E-state index contributed by atoms with van der Waals surface area (Å²) in [5.41, 5.74) is 2.21. The highest BCUT2D eigenvalue weighted by Gasteiger charge is 2.12. The average molecular weight is 250 g/mol. The van der Waals surface area contributed by atoms with E-state index in [9.17, 15) is 0 Å². The first-order valence-corrected chi connectivity index (χ1v) is 5.78. The van der Waals surface area contributed by atoms with E-state index in [1.54, 1.807) is 13.2 Å². The van der Waals surface area contributed by atoms with Gasteiger partial charge in [-0.2, -0.15) is 5.26 Å². The third kappa shape index (κ3) is 2.12. The number of alkyl halides is 1. The predicted molar refractivity (Wildman–Crippen MR) is 65.9 cm³/mol. The monoisotopic (exact) mass is 249 g/mol. The van der Waals surface area contributed by atoms with Crippen molar-refractivity contribution in [2.75, 3.05) is 13.7 Å². The molecule has 17 heavy (non-hydrogen) atoms. The van der Waals surface area contributed by atoms with Gasteiger partial charge in [-0.25, -0.2) is 4.98 Å². The molecule has 0 radical (unpaired) electrons. The van der Waals surface area contributed by atoms with Gasteiger partial charge < -0.3 is 9.30 Å². The summed E-state index contributed by atoms with van der Waals surface area (Å²) >= 11 is 5.87. The summed E-state index contributed by atoms with van der Waals surface area (Å²) in [4.78, 5) is 4.41. The minimum absolute atomic E-state index is 0.323. The van der Waals surface area contributed by atoms with E-state index in [1.807, 2.05) is 16.7 Å². The largest absolute Gasteiger partial charge is 0.383 e. The number of nitrogens with zero attached hydrogens (tertiary/aromatic N) is 3. The van der Waals surface area contributed by atoms with Crippen LogP contribution in [0.1, 0.15) is 11.4 Å². The molecule has 0 spiro atoms. The quantitative estimate of drug-likeness (QED) is 0.782. The van der Waals surface area contributed by atoms with Crippen molar-refractivity contribution in [3.05, 3.63) is 29.6 Å². The average Bonchev–Trinajstić information content (AvgIpc) is 2.73. The number of methoxy groups -OCH3 is 1. The molecule has 0 amide bonds. The van der Waals surface area contributed by atoms with Crippen molar-refractivity contribution in [1.82, 2.24) is 9.55 Å². The number of aromatic nitrogens is 2. The van der Waals surface area contributed by atoms with Crippen LogP contribution in [0.2, 0.25) is 0 Å². The van der Waals surface area contributed by atoms with Crippen LogP contribution in [0.5, 0.6) is 0 Å². The number of ether oxygens (including phenoxy) is 1. The van der Waals surface area contributed by atoms with Crippen LogP contribution >= 0.6 is 11.6 Å². The Morgan fingerprint density at radius 3 is 3.00 bits per heavy atom. The van der Waals surface area contributed by atoms with Crippen molar-refractivity contribution in [1.29, 1.82) is 5.26 Å². The SMILES string of the molecule is COCCn1c(CCl)nc2c(C#N)cccc21. The van der Waals surface area contributed by atoms with Crippen molar-refractivity contribution >= 4 is 22.6 Å². The Morgan fingerprint density at radius 2 is 2.35 bits per heavy atom. The number of hydrogen-bond donors (Lipinski definition) is 0. The molecule has 0 bridgehead atoms. The molecular formula is C12H12ClN3O. The zero-order valence-corrected chi connectivity index (χ0v) is 10.2. The first kappa shape index (κ1) is 11.9. The third-order valence-electron chi connectivity index (χ3n) is 2.62. The Morgan fingerprint density at radius 1 is 1.53 bits per heavy atom. The summed E-state index contributed by atoms with van der Waals surface area (Å²) in [5.74, 6) is 1.09. The van der Waals surface area contributed by atoms with E-state index in [0.717, 1.165) is 11.3 Å². The minimum atomic E-state index is 0.323. The van der Waals surface area contributed by atoms with Crippen LogP contribution in [0, 0.1) is 11.3 Å². The third-order valence-corrected chi connectivity index (χ3v) is 2.86. The van der Waals surface area contributed by atoms with Crippen molar-refractivity contribution in [2.45, 2.75) is 12.4 Å². The maximum atomic E-state index is 9.03. The number of nitriles is 1. The Hall–Kier alpha value is -1.57. The number of para-hydroxylation sites is 1. The second-order valence-electron chi connectivity index (χ2n) is 3.59. The Kier molecular flexibility index (Phi) is 3.62. The van der Waals surface area contributed by atoms with Crippen LogP contribution < -0.4 is 0 Å². The van der Waals surface area contributed by atoms with Gasteiger partial charge in [-0.3, -0.25) is 0 Å². The van der Waals surface area contributed by atoms with Crippen LogP contribution in [0.3, 0.4) is 0 Å². The molecule has 2 rings (SSSR count). The van der Waals surface area contributed by atoms with Crippen molar-refractivity contribution < 1.29 is 4.74 Å². The number of rotatable bonds is 4. The van der Waals surface area contributed by atoms with E-state index in [1.165, 1.54) is 0 Å². The molecular weight excluding hydrogens is 238 g/mol. The molecule has 0 saturated carbocycles. The molecule has 0 aliphatic rings. The van der Waals surface area contributed by atoms with E-state index in [4.69, 9.17) is 21.6 Å². The van der Waals surface area contributed by atoms with Crippen LogP contribution in [-0.2, 0) is 17.2 Å². The Bertz CT molecular complexity index is 571. The first-order chi connectivity index (χ1) is 8.31. The molecule has 0 fully saturated rings. The first-order valence-electron chi connectivity index (χ1n) is 5.25. The Balaban J connectivity index is 2.60. The lowest BCUT2D eigenvalue weighted by molar-refractivity contribution is 0.187. The summed E-state index contributed by atoms with van der Waals surface area (Å²) in [6, 6.07) is 7.69. The zero-order valence-electron chi connectivity index (χ0n) is 9.48. The van der Waals surface area contributed by atoms with Crippen LogP contribution in [0.15, 0.2) is 18.2 Å². The Labute approximate surface area is 104 Å². The van der Waals surface area contributed by atoms with E-state index >= 15 is 0 Å². The van der Waals surface area contributed by atoms with Gasteiger partial charge in [0.25, 0.3) is 0 Å². The smallest absolute Gasteiger partial charge is 0.124 e. The van der Waals surface area contributed by atoms with E-state index < -0.39 is 0 Å². The maximum Gasteiger partial charge on any atom is 0.124 e. The molecule has 2 aromatic rings. The molecule has 1 heterocycles. The number of fused-ring (bicyclic) bond motifs is 1. The molecule has 4 nitrogen and oxygen atoms in total. The van der Waals surface area contributed by atoms with Gasteiger partial charge >= 0.3 is 0 Å². The zero-order chi connectivity index (χ0) is 12.3. The second-order valence-corrected chi connectivity index (χ2v) is 3.86. The summed E-state index contributed by atoms with van der Waals surface area (Å²) in [6.45, 7) is 1.27. The second kappa shape index (κ2) is 5.17. The number of hydrogen-bond acceptors (Lipinski definition) is 3. The van der Waals surface area contributed by atoms with Crippen molar-refractivity contribution in [2.24, 2.45) is 0 Å². The van der Waals surface area contributed by atoms with E-state index in [2.05, 4.69) is 11.1 Å². The van der Waals surface area contributed by atoms with Gasteiger partial charge in [-0.05, 0) is 12.1 Å². The molecule has 0 unspecified atom stereocenters. The molecule has 88 valence electrons. The molecule has 1 aromatic carbocycles. The van der Waals surface area contributed by atoms with E-state index in [0.29, 0.717) is 30.1 Å². The van der Waals surface area contributed by atoms with Gasteiger partial charge in [-0.15, -0.1) is 11.6 Å². The predicted octanol–water partition coefficient (Wildman–Crippen LogP) is 2.29. The summed E-state index contributed by atoms with van der Waals surface area (Å²) < 4.78 is 7.06. The molecule has 0 N–H and O–H groups in total. The van der Waals surface area contributed by atoms with Gasteiger partial charge in [0.05, 0.1) is 23.6 Å². The standard InChI is InChI=1S/C12H12ClN3O/c1-17-6-5-16-10-4-2-3-9(8-14)12(10)15-11(16)7-13/h2-4H,5-7H2,1H3. The van der Waals surface area contributed by atoms with Crippen LogP contribution in [0.4, 0.5) is 0 Å².